The smallest absolute Gasteiger partial charge is 0.0586 e. The minimum Gasteiger partial charge on any atom is -0.395 e. The second kappa shape index (κ2) is 6.63. The molecule has 0 amide bonds. The van der Waals surface area contributed by atoms with Gasteiger partial charge in [-0.3, -0.25) is 9.80 Å². The van der Waals surface area contributed by atoms with Gasteiger partial charge in [-0.05, 0) is 6.42 Å². The minimum absolute atomic E-state index is 0.279. The molecule has 0 radical (unpaired) electrons. The highest BCUT2D eigenvalue weighted by Gasteiger charge is 2.21. The van der Waals surface area contributed by atoms with E-state index in [1.807, 2.05) is 0 Å². The monoisotopic (exact) mass is 276 g/mol. The van der Waals surface area contributed by atoms with Crippen molar-refractivity contribution in [3.05, 3.63) is 11.1 Å². The van der Waals surface area contributed by atoms with E-state index in [0.29, 0.717) is 6.04 Å². The van der Waals surface area contributed by atoms with Gasteiger partial charge in [0.25, 0.3) is 0 Å². The van der Waals surface area contributed by atoms with E-state index in [1.54, 1.807) is 0 Å². The fourth-order valence-corrected chi connectivity index (χ4v) is 2.39. The van der Waals surface area contributed by atoms with Gasteiger partial charge in [-0.25, -0.2) is 0 Å². The Morgan fingerprint density at radius 1 is 1.40 bits per heavy atom. The summed E-state index contributed by atoms with van der Waals surface area (Å²) in [6, 6.07) is 0.347. The maximum absolute atomic E-state index is 9.21. The molecule has 1 saturated heterocycles. The van der Waals surface area contributed by atoms with Crippen LogP contribution < -0.4 is 0 Å². The summed E-state index contributed by atoms with van der Waals surface area (Å²) in [5.41, 5.74) is 0. The van der Waals surface area contributed by atoms with Gasteiger partial charge >= 0.3 is 0 Å². The average Bonchev–Trinajstić information content (AvgIpc) is 2.21. The van der Waals surface area contributed by atoms with Gasteiger partial charge in [0.15, 0.2) is 0 Å². The number of aliphatic hydroxyl groups is 1. The highest BCUT2D eigenvalue weighted by Crippen LogP contribution is 2.11. The molecule has 3 nitrogen and oxygen atoms in total. The Hall–Kier alpha value is 0.1000. The molecular weight excluding hydrogens is 256 g/mol. The first-order valence-corrected chi connectivity index (χ1v) is 6.37. The Morgan fingerprint density at radius 2 is 2.00 bits per heavy atom. The molecule has 1 N–H and O–H groups in total. The number of hydrogen-bond donors (Lipinski definition) is 1. The highest BCUT2D eigenvalue weighted by molar-refractivity contribution is 9.11. The fraction of sp³-hybridized carbons (Fsp3) is 0.818. The summed E-state index contributed by atoms with van der Waals surface area (Å²) in [7, 11) is 0. The predicted molar refractivity (Wildman–Crippen MR) is 67.2 cm³/mol. The lowest BCUT2D eigenvalue weighted by atomic mass is 10.1. The Morgan fingerprint density at radius 3 is 2.40 bits per heavy atom. The third kappa shape index (κ3) is 4.23. The van der Waals surface area contributed by atoms with Crippen LogP contribution in [0.15, 0.2) is 11.1 Å². The van der Waals surface area contributed by atoms with E-state index in [9.17, 15) is 5.11 Å². The van der Waals surface area contributed by atoms with E-state index < -0.39 is 0 Å². The molecule has 1 fully saturated rings. The van der Waals surface area contributed by atoms with Gasteiger partial charge in [-0.1, -0.05) is 29.4 Å². The van der Waals surface area contributed by atoms with Crippen LogP contribution in [-0.4, -0.2) is 60.3 Å². The zero-order chi connectivity index (χ0) is 11.3. The van der Waals surface area contributed by atoms with Crippen LogP contribution in [0.1, 0.15) is 13.3 Å². The van der Waals surface area contributed by atoms with Crippen molar-refractivity contribution in [1.29, 1.82) is 0 Å². The van der Waals surface area contributed by atoms with Crippen LogP contribution >= 0.6 is 15.9 Å². The third-order valence-electron chi connectivity index (χ3n) is 3.00. The molecule has 0 aromatic carbocycles. The zero-order valence-corrected chi connectivity index (χ0v) is 11.0. The Kier molecular flexibility index (Phi) is 5.82. The van der Waals surface area contributed by atoms with Gasteiger partial charge in [0, 0.05) is 43.2 Å². The van der Waals surface area contributed by atoms with Gasteiger partial charge in [0.2, 0.25) is 0 Å². The molecule has 4 heteroatoms. The molecule has 1 rings (SSSR count). The Labute approximate surface area is 101 Å². The number of halogens is 1. The van der Waals surface area contributed by atoms with Crippen LogP contribution in [-0.2, 0) is 0 Å². The van der Waals surface area contributed by atoms with E-state index in [-0.39, 0.29) is 6.61 Å². The number of rotatable bonds is 5. The molecule has 0 aliphatic carbocycles. The van der Waals surface area contributed by atoms with Crippen LogP contribution in [0.4, 0.5) is 0 Å². The molecule has 0 spiro atoms. The van der Waals surface area contributed by atoms with Crippen LogP contribution in [0.3, 0.4) is 0 Å². The van der Waals surface area contributed by atoms with Crippen molar-refractivity contribution in [2.24, 2.45) is 0 Å². The van der Waals surface area contributed by atoms with Crippen molar-refractivity contribution >= 4 is 15.9 Å². The molecule has 1 aliphatic heterocycles. The molecule has 15 heavy (non-hydrogen) atoms. The van der Waals surface area contributed by atoms with Crippen molar-refractivity contribution in [3.63, 3.8) is 0 Å². The summed E-state index contributed by atoms with van der Waals surface area (Å²) in [5, 5.41) is 9.21. The first-order chi connectivity index (χ1) is 7.17. The van der Waals surface area contributed by atoms with E-state index in [0.717, 1.165) is 43.6 Å². The Balaban J connectivity index is 2.31. The molecular formula is C11H21BrN2O. The maximum atomic E-state index is 9.21. The van der Waals surface area contributed by atoms with E-state index in [2.05, 4.69) is 39.2 Å². The van der Waals surface area contributed by atoms with E-state index >= 15 is 0 Å². The normalized spacial score (nSPS) is 21.5. The summed E-state index contributed by atoms with van der Waals surface area (Å²) >= 11 is 3.39. The molecule has 0 aromatic rings. The summed E-state index contributed by atoms with van der Waals surface area (Å²) in [6.45, 7) is 11.5. The minimum atomic E-state index is 0.279. The number of nitrogens with zero attached hydrogens (tertiary/aromatic N) is 2. The van der Waals surface area contributed by atoms with Gasteiger partial charge in [-0.2, -0.15) is 0 Å². The van der Waals surface area contributed by atoms with Crippen LogP contribution in [0.2, 0.25) is 0 Å². The van der Waals surface area contributed by atoms with Crippen molar-refractivity contribution < 1.29 is 5.11 Å². The molecule has 1 atom stereocenters. The number of hydrogen-bond acceptors (Lipinski definition) is 3. The summed E-state index contributed by atoms with van der Waals surface area (Å²) in [4.78, 5) is 4.77. The number of piperazine rings is 1. The standard InChI is InChI=1S/C11H21BrN2O/c1-3-11(9-15)14-6-4-13(5-7-14)8-10(2)12/h11,15H,2-9H2,1H3/t11-/m1/s1. The molecule has 0 saturated carbocycles. The fourth-order valence-electron chi connectivity index (χ4n) is 2.03. The van der Waals surface area contributed by atoms with Gasteiger partial charge < -0.3 is 5.11 Å². The first kappa shape index (κ1) is 13.2. The predicted octanol–water partition coefficient (Wildman–Crippen LogP) is 1.28. The Bertz CT molecular complexity index is 199. The van der Waals surface area contributed by atoms with Crippen molar-refractivity contribution in [3.8, 4) is 0 Å². The second-order valence-electron chi connectivity index (χ2n) is 4.07. The van der Waals surface area contributed by atoms with Crippen molar-refractivity contribution in [2.75, 3.05) is 39.3 Å². The summed E-state index contributed by atoms with van der Waals surface area (Å²) in [5.74, 6) is 0. The molecule has 88 valence electrons. The van der Waals surface area contributed by atoms with Crippen molar-refractivity contribution in [1.82, 2.24) is 9.80 Å². The molecule has 1 aliphatic rings. The van der Waals surface area contributed by atoms with Crippen LogP contribution in [0.5, 0.6) is 0 Å². The van der Waals surface area contributed by atoms with E-state index in [4.69, 9.17) is 0 Å². The topological polar surface area (TPSA) is 26.7 Å². The van der Waals surface area contributed by atoms with E-state index in [1.165, 1.54) is 0 Å². The molecule has 0 aromatic heterocycles. The summed E-state index contributed by atoms with van der Waals surface area (Å²) in [6.07, 6.45) is 1.03. The zero-order valence-electron chi connectivity index (χ0n) is 9.45. The van der Waals surface area contributed by atoms with Crippen molar-refractivity contribution in [2.45, 2.75) is 19.4 Å². The largest absolute Gasteiger partial charge is 0.395 e. The van der Waals surface area contributed by atoms with Crippen LogP contribution in [0.25, 0.3) is 0 Å². The lowest BCUT2D eigenvalue weighted by molar-refractivity contribution is 0.0678. The van der Waals surface area contributed by atoms with Gasteiger partial charge in [0.1, 0.15) is 0 Å². The third-order valence-corrected chi connectivity index (χ3v) is 3.25. The summed E-state index contributed by atoms with van der Waals surface area (Å²) < 4.78 is 1.05. The lowest BCUT2D eigenvalue weighted by Gasteiger charge is -2.38. The maximum Gasteiger partial charge on any atom is 0.0586 e. The molecule has 0 unspecified atom stereocenters. The lowest BCUT2D eigenvalue weighted by Crippen LogP contribution is -2.51. The van der Waals surface area contributed by atoms with Crippen LogP contribution in [0, 0.1) is 0 Å². The average molecular weight is 277 g/mol. The second-order valence-corrected chi connectivity index (χ2v) is 5.20. The highest BCUT2D eigenvalue weighted by atomic mass is 79.9. The van der Waals surface area contributed by atoms with Gasteiger partial charge in [0.05, 0.1) is 6.61 Å². The molecule has 1 heterocycles. The molecule has 0 bridgehead atoms. The first-order valence-electron chi connectivity index (χ1n) is 5.58. The SMILES string of the molecule is C=C(Br)CN1CCN([C@H](CC)CO)CC1. The van der Waals surface area contributed by atoms with Gasteiger partial charge in [-0.15, -0.1) is 0 Å². The quantitative estimate of drug-likeness (QED) is 0.820. The number of aliphatic hydroxyl groups excluding tert-OH is 1.